The van der Waals surface area contributed by atoms with E-state index in [1.54, 1.807) is 0 Å². The number of allylic oxidation sites excluding steroid dienone is 26. The standard InChI is InChI=1S/C91H154O5/c1-3-5-7-9-11-13-15-17-19-21-23-25-27-29-31-33-35-37-39-41-43-45-47-49-51-53-55-57-59-61-63-65-67-69-71-73-75-77-79-81-83-85-90(93)95-88-89(87-92)96-91(94)86-84-82-80-78-76-74-72-70-68-66-64-62-60-58-56-54-52-50-48-46-44-42-40-38-36-34-32-30-28-26-24-22-20-18-16-14-12-10-8-6-4-2/h6,8,12,14,18,20-21,23-24,26,30,32,36,38,42,44,48,50,54,56,60,62,66,68,72,74,89,92H,3-5,7,9-11,13,15-17,19,22,25,27-29,31,33-35,37,39-41,43,45-47,49,51-53,55,57-59,61,63-65,67,69-71,73,75-88H2,1-2H3/b8-6-,14-12-,20-18-,23-21-,26-24-,32-30-,38-36-,44-42-,50-48-,56-54-,62-60-,68-66-,74-72-. The van der Waals surface area contributed by atoms with E-state index < -0.39 is 6.10 Å². The highest BCUT2D eigenvalue weighted by Crippen LogP contribution is 2.19. The molecule has 0 rings (SSSR count). The van der Waals surface area contributed by atoms with Crippen LogP contribution < -0.4 is 0 Å². The summed E-state index contributed by atoms with van der Waals surface area (Å²) in [5.74, 6) is -0.615. The Morgan fingerprint density at radius 3 is 0.688 bits per heavy atom. The SMILES string of the molecule is CC/C=C\C/C=C\C/C=C\C/C=C\C/C=C\C/C=C\C/C=C\C/C=C\C/C=C\C/C=C\C/C=C\C/C=C\CCCCCCC(=O)OC(CO)COC(=O)CCCCCCCCCCCCCCCCCCCCCCCCCCCCCCC/C=C\CCCCCCCCCC. The van der Waals surface area contributed by atoms with Crippen molar-refractivity contribution in [3.63, 3.8) is 0 Å². The number of aliphatic hydroxyl groups is 1. The Labute approximate surface area is 596 Å². The Kier molecular flexibility index (Phi) is 80.8. The molecule has 1 atom stereocenters. The van der Waals surface area contributed by atoms with Gasteiger partial charge in [0.15, 0.2) is 6.10 Å². The van der Waals surface area contributed by atoms with E-state index in [-0.39, 0.29) is 25.2 Å². The van der Waals surface area contributed by atoms with Crippen molar-refractivity contribution in [1.82, 2.24) is 0 Å². The molecular weight excluding hydrogens is 1170 g/mol. The molecule has 0 aliphatic heterocycles. The van der Waals surface area contributed by atoms with Crippen molar-refractivity contribution in [1.29, 1.82) is 0 Å². The molecule has 0 aromatic rings. The van der Waals surface area contributed by atoms with E-state index in [0.29, 0.717) is 12.8 Å². The first-order valence-electron chi connectivity index (χ1n) is 41.0. The first-order chi connectivity index (χ1) is 47.6. The summed E-state index contributed by atoms with van der Waals surface area (Å²) >= 11 is 0. The third-order valence-corrected chi connectivity index (χ3v) is 17.8. The lowest BCUT2D eigenvalue weighted by atomic mass is 10.0. The van der Waals surface area contributed by atoms with Gasteiger partial charge in [0, 0.05) is 12.8 Å². The molecule has 0 saturated heterocycles. The molecule has 1 unspecified atom stereocenters. The van der Waals surface area contributed by atoms with Crippen LogP contribution in [0.25, 0.3) is 0 Å². The summed E-state index contributed by atoms with van der Waals surface area (Å²) in [5.41, 5.74) is 0. The van der Waals surface area contributed by atoms with Crippen molar-refractivity contribution in [2.24, 2.45) is 0 Å². The summed E-state index contributed by atoms with van der Waals surface area (Å²) in [6.07, 6.45) is 129. The zero-order chi connectivity index (χ0) is 69.0. The minimum atomic E-state index is -0.797. The number of unbranched alkanes of at least 4 members (excludes halogenated alkanes) is 41. The van der Waals surface area contributed by atoms with Crippen LogP contribution in [0.4, 0.5) is 0 Å². The fourth-order valence-corrected chi connectivity index (χ4v) is 11.7. The van der Waals surface area contributed by atoms with E-state index in [9.17, 15) is 14.7 Å². The Morgan fingerprint density at radius 2 is 0.448 bits per heavy atom. The lowest BCUT2D eigenvalue weighted by Gasteiger charge is -2.15. The second-order valence-corrected chi connectivity index (χ2v) is 27.1. The van der Waals surface area contributed by atoms with Gasteiger partial charge in [-0.2, -0.15) is 0 Å². The quantitative estimate of drug-likeness (QED) is 0.0373. The highest BCUT2D eigenvalue weighted by Gasteiger charge is 2.16. The summed E-state index contributed by atoms with van der Waals surface area (Å²) in [6.45, 7) is 4.04. The van der Waals surface area contributed by atoms with Crippen LogP contribution in [-0.4, -0.2) is 36.4 Å². The van der Waals surface area contributed by atoms with Gasteiger partial charge in [0.25, 0.3) is 0 Å². The summed E-state index contributed by atoms with van der Waals surface area (Å²) in [4.78, 5) is 24.7. The molecule has 0 bridgehead atoms. The monoisotopic (exact) mass is 1330 g/mol. The Bertz CT molecular complexity index is 2000. The molecule has 96 heavy (non-hydrogen) atoms. The Balaban J connectivity index is 3.52. The second kappa shape index (κ2) is 84.7. The van der Waals surface area contributed by atoms with Crippen molar-refractivity contribution in [3.8, 4) is 0 Å². The van der Waals surface area contributed by atoms with Crippen molar-refractivity contribution in [2.45, 2.75) is 392 Å². The molecule has 548 valence electrons. The van der Waals surface area contributed by atoms with Crippen molar-refractivity contribution in [2.75, 3.05) is 13.2 Å². The molecule has 0 amide bonds. The summed E-state index contributed by atoms with van der Waals surface area (Å²) < 4.78 is 10.8. The number of ether oxygens (including phenoxy) is 2. The number of esters is 2. The highest BCUT2D eigenvalue weighted by atomic mass is 16.6. The fraction of sp³-hybridized carbons (Fsp3) is 0.692. The van der Waals surface area contributed by atoms with Crippen LogP contribution in [0.2, 0.25) is 0 Å². The second-order valence-electron chi connectivity index (χ2n) is 27.1. The summed E-state index contributed by atoms with van der Waals surface area (Å²) in [7, 11) is 0. The molecule has 5 heteroatoms. The maximum absolute atomic E-state index is 12.4. The average Bonchev–Trinajstić information content (AvgIpc) is 3.79. The molecule has 0 fully saturated rings. The number of carbonyl (C=O) groups excluding carboxylic acids is 2. The molecule has 0 aliphatic carbocycles. The normalized spacial score (nSPS) is 13.1. The molecule has 0 aromatic heterocycles. The van der Waals surface area contributed by atoms with E-state index in [0.717, 1.165) is 128 Å². The van der Waals surface area contributed by atoms with E-state index >= 15 is 0 Å². The van der Waals surface area contributed by atoms with Crippen molar-refractivity contribution in [3.05, 3.63) is 158 Å². The van der Waals surface area contributed by atoms with E-state index in [1.807, 2.05) is 0 Å². The molecule has 0 heterocycles. The number of hydrogen-bond acceptors (Lipinski definition) is 5. The third kappa shape index (κ3) is 81.9. The molecule has 1 N–H and O–H groups in total. The Hall–Kier alpha value is -4.48. The number of rotatable bonds is 75. The average molecular weight is 1330 g/mol. The minimum Gasteiger partial charge on any atom is -0.462 e. The van der Waals surface area contributed by atoms with Gasteiger partial charge in [-0.05, 0) is 128 Å². The van der Waals surface area contributed by atoms with Gasteiger partial charge in [0.2, 0.25) is 0 Å². The van der Waals surface area contributed by atoms with Crippen LogP contribution in [0.5, 0.6) is 0 Å². The predicted molar refractivity (Wildman–Crippen MR) is 426 cm³/mol. The number of hydrogen-bond donors (Lipinski definition) is 1. The zero-order valence-electron chi connectivity index (χ0n) is 63.1. The summed E-state index contributed by atoms with van der Waals surface area (Å²) in [5, 5.41) is 9.73. The van der Waals surface area contributed by atoms with Crippen LogP contribution in [0.15, 0.2) is 158 Å². The first-order valence-corrected chi connectivity index (χ1v) is 41.0. The minimum absolute atomic E-state index is 0.0817. The molecule has 0 radical (unpaired) electrons. The highest BCUT2D eigenvalue weighted by molar-refractivity contribution is 5.70. The van der Waals surface area contributed by atoms with Gasteiger partial charge in [-0.15, -0.1) is 0 Å². The van der Waals surface area contributed by atoms with Gasteiger partial charge in [-0.3, -0.25) is 9.59 Å². The molecule has 0 spiro atoms. The smallest absolute Gasteiger partial charge is 0.306 e. The zero-order valence-corrected chi connectivity index (χ0v) is 63.1. The van der Waals surface area contributed by atoms with Crippen molar-refractivity contribution >= 4 is 11.9 Å². The lowest BCUT2D eigenvalue weighted by Crippen LogP contribution is -2.28. The topological polar surface area (TPSA) is 72.8 Å². The van der Waals surface area contributed by atoms with E-state index in [4.69, 9.17) is 9.47 Å². The van der Waals surface area contributed by atoms with Crippen LogP contribution in [0, 0.1) is 0 Å². The Morgan fingerprint density at radius 1 is 0.250 bits per heavy atom. The molecule has 0 saturated carbocycles. The third-order valence-electron chi connectivity index (χ3n) is 17.8. The van der Waals surface area contributed by atoms with Crippen LogP contribution in [0.1, 0.15) is 386 Å². The van der Waals surface area contributed by atoms with Gasteiger partial charge < -0.3 is 14.6 Å². The van der Waals surface area contributed by atoms with Crippen LogP contribution >= 0.6 is 0 Å². The van der Waals surface area contributed by atoms with Gasteiger partial charge in [0.1, 0.15) is 6.61 Å². The van der Waals surface area contributed by atoms with Crippen molar-refractivity contribution < 1.29 is 24.2 Å². The largest absolute Gasteiger partial charge is 0.462 e. The first kappa shape index (κ1) is 91.5. The van der Waals surface area contributed by atoms with Gasteiger partial charge in [0.05, 0.1) is 6.61 Å². The molecular formula is C91H154O5. The van der Waals surface area contributed by atoms with Gasteiger partial charge in [-0.25, -0.2) is 0 Å². The predicted octanol–water partition coefficient (Wildman–Crippen LogP) is 29.3. The number of carbonyl (C=O) groups is 2. The molecule has 0 aliphatic rings. The van der Waals surface area contributed by atoms with Gasteiger partial charge >= 0.3 is 11.9 Å². The summed E-state index contributed by atoms with van der Waals surface area (Å²) in [6, 6.07) is 0. The van der Waals surface area contributed by atoms with Crippen LogP contribution in [0.3, 0.4) is 0 Å². The van der Waals surface area contributed by atoms with E-state index in [2.05, 4.69) is 172 Å². The molecule has 5 nitrogen and oxygen atoms in total. The molecule has 0 aromatic carbocycles. The lowest BCUT2D eigenvalue weighted by molar-refractivity contribution is -0.161. The fourth-order valence-electron chi connectivity index (χ4n) is 11.7. The maximum Gasteiger partial charge on any atom is 0.306 e. The van der Waals surface area contributed by atoms with Crippen LogP contribution in [-0.2, 0) is 19.1 Å². The maximum atomic E-state index is 12.4. The van der Waals surface area contributed by atoms with E-state index in [1.165, 1.54) is 231 Å². The van der Waals surface area contributed by atoms with Gasteiger partial charge in [-0.1, -0.05) is 403 Å². The number of aliphatic hydroxyl groups excluding tert-OH is 1.